The number of carbonyl (C=O) groups excluding carboxylic acids is 1. The summed E-state index contributed by atoms with van der Waals surface area (Å²) in [4.78, 5) is 24.2. The second kappa shape index (κ2) is 9.35. The zero-order chi connectivity index (χ0) is 21.8. The number of nitrogens with one attached hydrogen (secondary N) is 1. The summed E-state index contributed by atoms with van der Waals surface area (Å²) in [5, 5.41) is 3.67. The molecule has 1 fully saturated rings. The normalized spacial score (nSPS) is 15.7. The van der Waals surface area contributed by atoms with Crippen molar-refractivity contribution < 1.29 is 9.53 Å². The fraction of sp³-hybridized carbons (Fsp3) is 0.292. The van der Waals surface area contributed by atoms with Gasteiger partial charge >= 0.3 is 0 Å². The van der Waals surface area contributed by atoms with Crippen LogP contribution < -0.4 is 15.0 Å². The number of halogens is 1. The topological polar surface area (TPSA) is 67.3 Å². The molecule has 0 saturated carbocycles. The molecule has 3 aromatic rings. The van der Waals surface area contributed by atoms with Crippen molar-refractivity contribution in [2.24, 2.45) is 0 Å². The van der Waals surface area contributed by atoms with Crippen LogP contribution in [0.4, 0.5) is 5.69 Å². The average molecular weight is 437 g/mol. The molecule has 0 aliphatic carbocycles. The predicted octanol–water partition coefficient (Wildman–Crippen LogP) is 4.37. The van der Waals surface area contributed by atoms with Gasteiger partial charge in [-0.15, -0.1) is 0 Å². The molecule has 7 heteroatoms. The number of aromatic nitrogens is 2. The molecule has 1 unspecified atom stereocenters. The fourth-order valence-electron chi connectivity index (χ4n) is 3.82. The van der Waals surface area contributed by atoms with Gasteiger partial charge in [0.15, 0.2) is 0 Å². The second-order valence-electron chi connectivity index (χ2n) is 7.67. The van der Waals surface area contributed by atoms with Crippen molar-refractivity contribution in [2.75, 3.05) is 25.1 Å². The summed E-state index contributed by atoms with van der Waals surface area (Å²) >= 11 is 5.99. The van der Waals surface area contributed by atoms with Crippen molar-refractivity contribution in [1.82, 2.24) is 15.3 Å². The Kier molecular flexibility index (Phi) is 6.37. The molecule has 1 saturated heterocycles. The summed E-state index contributed by atoms with van der Waals surface area (Å²) in [5.41, 5.74) is 3.31. The van der Waals surface area contributed by atoms with Crippen LogP contribution in [0.5, 0.6) is 5.75 Å². The Labute approximate surface area is 187 Å². The largest absolute Gasteiger partial charge is 0.497 e. The van der Waals surface area contributed by atoms with E-state index in [1.54, 1.807) is 13.3 Å². The summed E-state index contributed by atoms with van der Waals surface area (Å²) in [5.74, 6) is 1.61. The lowest BCUT2D eigenvalue weighted by Gasteiger charge is -2.18. The van der Waals surface area contributed by atoms with Gasteiger partial charge in [-0.05, 0) is 55.3 Å². The minimum atomic E-state index is -0.180. The van der Waals surface area contributed by atoms with Crippen LogP contribution in [-0.4, -0.2) is 36.1 Å². The van der Waals surface area contributed by atoms with Crippen LogP contribution in [0.25, 0.3) is 0 Å². The molecule has 1 N–H and O–H groups in total. The highest BCUT2D eigenvalue weighted by Gasteiger charge is 2.27. The van der Waals surface area contributed by atoms with Crippen molar-refractivity contribution in [3.63, 3.8) is 0 Å². The number of carbonyl (C=O) groups is 1. The molecule has 1 amide bonds. The maximum absolute atomic E-state index is 12.6. The first-order chi connectivity index (χ1) is 15.0. The third kappa shape index (κ3) is 4.97. The number of rotatable bonds is 6. The number of hydrogen-bond donors (Lipinski definition) is 1. The number of ether oxygens (including phenoxy) is 1. The van der Waals surface area contributed by atoms with Crippen LogP contribution >= 0.6 is 11.6 Å². The van der Waals surface area contributed by atoms with E-state index in [9.17, 15) is 4.79 Å². The smallest absolute Gasteiger partial charge is 0.254 e. The van der Waals surface area contributed by atoms with E-state index in [0.29, 0.717) is 17.8 Å². The summed E-state index contributed by atoms with van der Waals surface area (Å²) in [6.45, 7) is 4.06. The Balaban J connectivity index is 1.39. The molecular formula is C24H25ClN4O2. The van der Waals surface area contributed by atoms with E-state index in [1.165, 1.54) is 0 Å². The van der Waals surface area contributed by atoms with E-state index in [-0.39, 0.29) is 11.8 Å². The van der Waals surface area contributed by atoms with Gasteiger partial charge in [-0.1, -0.05) is 23.7 Å². The first kappa shape index (κ1) is 21.1. The van der Waals surface area contributed by atoms with Gasteiger partial charge in [-0.25, -0.2) is 9.97 Å². The molecular weight excluding hydrogens is 412 g/mol. The van der Waals surface area contributed by atoms with Gasteiger partial charge in [0, 0.05) is 42.5 Å². The van der Waals surface area contributed by atoms with Crippen LogP contribution in [0.2, 0.25) is 5.02 Å². The third-order valence-corrected chi connectivity index (χ3v) is 5.83. The summed E-state index contributed by atoms with van der Waals surface area (Å²) in [6.07, 6.45) is 2.62. The van der Waals surface area contributed by atoms with Crippen molar-refractivity contribution in [2.45, 2.75) is 25.8 Å². The van der Waals surface area contributed by atoms with Crippen molar-refractivity contribution in [3.05, 3.63) is 82.4 Å². The SMILES string of the molecule is COc1cccc(CNC(=O)c2cnc(C3CCN(c4ccc(Cl)cc4)C3)nc2C)c1. The van der Waals surface area contributed by atoms with E-state index in [0.717, 1.165) is 47.4 Å². The van der Waals surface area contributed by atoms with E-state index in [2.05, 4.69) is 20.2 Å². The fourth-order valence-corrected chi connectivity index (χ4v) is 3.95. The Morgan fingerprint density at radius 2 is 2.06 bits per heavy atom. The maximum Gasteiger partial charge on any atom is 0.254 e. The molecule has 1 aromatic heterocycles. The molecule has 4 rings (SSSR count). The first-order valence-electron chi connectivity index (χ1n) is 10.3. The van der Waals surface area contributed by atoms with Crippen molar-refractivity contribution >= 4 is 23.2 Å². The average Bonchev–Trinajstić information content (AvgIpc) is 3.28. The van der Waals surface area contributed by atoms with Gasteiger partial charge in [-0.3, -0.25) is 4.79 Å². The molecule has 1 aliphatic rings. The highest BCUT2D eigenvalue weighted by Crippen LogP contribution is 2.30. The molecule has 1 atom stereocenters. The zero-order valence-corrected chi connectivity index (χ0v) is 18.4. The third-order valence-electron chi connectivity index (χ3n) is 5.57. The molecule has 0 spiro atoms. The van der Waals surface area contributed by atoms with Gasteiger partial charge in [-0.2, -0.15) is 0 Å². The van der Waals surface area contributed by atoms with E-state index >= 15 is 0 Å². The van der Waals surface area contributed by atoms with E-state index in [1.807, 2.05) is 55.5 Å². The lowest BCUT2D eigenvalue weighted by molar-refractivity contribution is 0.0949. The number of methoxy groups -OCH3 is 1. The van der Waals surface area contributed by atoms with Crippen LogP contribution in [0.15, 0.2) is 54.7 Å². The quantitative estimate of drug-likeness (QED) is 0.621. The van der Waals surface area contributed by atoms with Crippen LogP contribution in [-0.2, 0) is 6.54 Å². The highest BCUT2D eigenvalue weighted by molar-refractivity contribution is 6.30. The van der Waals surface area contributed by atoms with Crippen LogP contribution in [0.1, 0.15) is 39.8 Å². The van der Waals surface area contributed by atoms with Gasteiger partial charge in [0.1, 0.15) is 11.6 Å². The van der Waals surface area contributed by atoms with E-state index in [4.69, 9.17) is 16.3 Å². The van der Waals surface area contributed by atoms with Gasteiger partial charge < -0.3 is 15.0 Å². The molecule has 31 heavy (non-hydrogen) atoms. The standard InChI is InChI=1S/C24H25ClN4O2/c1-16-22(24(30)27-13-17-4-3-5-21(12-17)31-2)14-26-23(28-16)18-10-11-29(15-18)20-8-6-19(25)7-9-20/h3-9,12,14,18H,10-11,13,15H2,1-2H3,(H,27,30). The molecule has 2 aromatic carbocycles. The highest BCUT2D eigenvalue weighted by atomic mass is 35.5. The summed E-state index contributed by atoms with van der Waals surface area (Å²) < 4.78 is 5.23. The number of benzene rings is 2. The number of hydrogen-bond acceptors (Lipinski definition) is 5. The predicted molar refractivity (Wildman–Crippen MR) is 122 cm³/mol. The van der Waals surface area contributed by atoms with Gasteiger partial charge in [0.05, 0.1) is 18.4 Å². The molecule has 160 valence electrons. The van der Waals surface area contributed by atoms with Crippen molar-refractivity contribution in [1.29, 1.82) is 0 Å². The monoisotopic (exact) mass is 436 g/mol. The maximum atomic E-state index is 12.6. The Bertz CT molecular complexity index is 1070. The molecule has 0 bridgehead atoms. The minimum Gasteiger partial charge on any atom is -0.497 e. The summed E-state index contributed by atoms with van der Waals surface area (Å²) in [6, 6.07) is 15.5. The number of amides is 1. The van der Waals surface area contributed by atoms with Crippen molar-refractivity contribution in [3.8, 4) is 5.75 Å². The Morgan fingerprint density at radius 3 is 2.81 bits per heavy atom. The lowest BCUT2D eigenvalue weighted by atomic mass is 10.1. The minimum absolute atomic E-state index is 0.180. The number of aryl methyl sites for hydroxylation is 1. The molecule has 0 radical (unpaired) electrons. The number of nitrogens with zero attached hydrogens (tertiary/aromatic N) is 3. The Morgan fingerprint density at radius 1 is 1.26 bits per heavy atom. The molecule has 6 nitrogen and oxygen atoms in total. The lowest BCUT2D eigenvalue weighted by Crippen LogP contribution is -2.25. The van der Waals surface area contributed by atoms with Crippen LogP contribution in [0, 0.1) is 6.92 Å². The van der Waals surface area contributed by atoms with Gasteiger partial charge in [0.25, 0.3) is 5.91 Å². The molecule has 2 heterocycles. The van der Waals surface area contributed by atoms with Crippen LogP contribution in [0.3, 0.4) is 0 Å². The van der Waals surface area contributed by atoms with Gasteiger partial charge in [0.2, 0.25) is 0 Å². The van der Waals surface area contributed by atoms with E-state index < -0.39 is 0 Å². The zero-order valence-electron chi connectivity index (χ0n) is 17.6. The summed E-state index contributed by atoms with van der Waals surface area (Å²) in [7, 11) is 1.62. The first-order valence-corrected chi connectivity index (χ1v) is 10.7. The second-order valence-corrected chi connectivity index (χ2v) is 8.11. The number of anilines is 1. The molecule has 1 aliphatic heterocycles. The Hall–Kier alpha value is -3.12.